The Labute approximate surface area is 384 Å². The normalized spacial score (nSPS) is 27.1. The van der Waals surface area contributed by atoms with Gasteiger partial charge in [0.25, 0.3) is 0 Å². The number of nitrogens with zero attached hydrogens (tertiary/aromatic N) is 1. The molecule has 348 valence electrons. The highest BCUT2D eigenvalue weighted by atomic mass is 16.5. The molecule has 63 heavy (non-hydrogen) atoms. The summed E-state index contributed by atoms with van der Waals surface area (Å²) in [4.78, 5) is 29.9. The van der Waals surface area contributed by atoms with Crippen LogP contribution in [0.1, 0.15) is 217 Å². The summed E-state index contributed by atoms with van der Waals surface area (Å²) in [6.07, 6.45) is 35.1. The maximum atomic E-state index is 12.9. The molecule has 5 heteroatoms. The minimum atomic E-state index is -0.253. The van der Waals surface area contributed by atoms with Gasteiger partial charge in [0.15, 0.2) is 0 Å². The Morgan fingerprint density at radius 3 is 2.05 bits per heavy atom. The molecule has 6 rings (SSSR count). The van der Waals surface area contributed by atoms with Crippen LogP contribution in [0.25, 0.3) is 0 Å². The largest absolute Gasteiger partial charge is 0.462 e. The van der Waals surface area contributed by atoms with Crippen LogP contribution in [0, 0.1) is 53.3 Å². The second-order valence-corrected chi connectivity index (χ2v) is 21.8. The van der Waals surface area contributed by atoms with Crippen molar-refractivity contribution < 1.29 is 19.1 Å². The van der Waals surface area contributed by atoms with E-state index in [0.717, 1.165) is 85.3 Å². The molecule has 2 aromatic rings. The summed E-state index contributed by atoms with van der Waals surface area (Å²) in [7, 11) is 0. The van der Waals surface area contributed by atoms with Crippen LogP contribution in [0.4, 0.5) is 5.69 Å². The van der Waals surface area contributed by atoms with Crippen molar-refractivity contribution in [2.45, 2.75) is 208 Å². The molecule has 0 radical (unpaired) electrons. The van der Waals surface area contributed by atoms with Gasteiger partial charge in [0.1, 0.15) is 6.10 Å². The lowest BCUT2D eigenvalue weighted by Gasteiger charge is -2.58. The van der Waals surface area contributed by atoms with E-state index in [-0.39, 0.29) is 18.0 Å². The monoisotopic (exact) mass is 862 g/mol. The van der Waals surface area contributed by atoms with Gasteiger partial charge in [-0.3, -0.25) is 9.79 Å². The summed E-state index contributed by atoms with van der Waals surface area (Å²) in [5.41, 5.74) is 6.13. The number of ether oxygens (including phenoxy) is 2. The second kappa shape index (κ2) is 24.4. The maximum Gasteiger partial charge on any atom is 0.338 e. The van der Waals surface area contributed by atoms with E-state index in [1.807, 2.05) is 54.7 Å². The van der Waals surface area contributed by atoms with Gasteiger partial charge in [-0.1, -0.05) is 166 Å². The quantitative estimate of drug-likeness (QED) is 0.0432. The van der Waals surface area contributed by atoms with Gasteiger partial charge >= 0.3 is 11.9 Å². The predicted octanol–water partition coefficient (Wildman–Crippen LogP) is 16.3. The van der Waals surface area contributed by atoms with Crippen molar-refractivity contribution in [2.24, 2.45) is 51.3 Å². The van der Waals surface area contributed by atoms with E-state index in [2.05, 4.69) is 52.6 Å². The standard InChI is InChI=1S/C58H87NO4/c1-43(2)21-20-22-45(4)52-34-35-53-51-33-30-48-41-50(36-38-57(48,5)54(51)37-39-58(52,53)6)63-55(60)23-18-16-14-12-10-8-7-9-11-13-15-17-19-40-62-56(61)47-28-26-46(27-29-47)42-59-49-31-24-44(3)25-32-49/h24-32,42-43,45,50-54H,7-23,33-41H2,1-6H3/t45-,50+,51+,52-,53+,54+,57+,58-/m1/s1. The van der Waals surface area contributed by atoms with Crippen LogP contribution in [0.5, 0.6) is 0 Å². The summed E-state index contributed by atoms with van der Waals surface area (Å²) in [6, 6.07) is 15.5. The van der Waals surface area contributed by atoms with Crippen molar-refractivity contribution in [1.82, 2.24) is 0 Å². The number of fused-ring (bicyclic) bond motifs is 5. The van der Waals surface area contributed by atoms with Crippen molar-refractivity contribution >= 4 is 23.8 Å². The Morgan fingerprint density at radius 1 is 0.730 bits per heavy atom. The highest BCUT2D eigenvalue weighted by Crippen LogP contribution is 2.67. The first kappa shape index (κ1) is 49.2. The zero-order chi connectivity index (χ0) is 44.7. The minimum Gasteiger partial charge on any atom is -0.462 e. The lowest BCUT2D eigenvalue weighted by molar-refractivity contribution is -0.151. The Hall–Kier alpha value is -3.21. The summed E-state index contributed by atoms with van der Waals surface area (Å²) in [6.45, 7) is 15.2. The first-order valence-corrected chi connectivity index (χ1v) is 26.2. The van der Waals surface area contributed by atoms with E-state index in [4.69, 9.17) is 9.47 Å². The predicted molar refractivity (Wildman–Crippen MR) is 263 cm³/mol. The van der Waals surface area contributed by atoms with E-state index < -0.39 is 0 Å². The van der Waals surface area contributed by atoms with Gasteiger partial charge in [0.2, 0.25) is 0 Å². The molecule has 0 N–H and O–H groups in total. The van der Waals surface area contributed by atoms with Crippen LogP contribution in [-0.4, -0.2) is 30.9 Å². The number of aliphatic imine (C=N–C) groups is 1. The molecule has 3 saturated carbocycles. The van der Waals surface area contributed by atoms with Crippen LogP contribution < -0.4 is 0 Å². The highest BCUT2D eigenvalue weighted by molar-refractivity contribution is 5.91. The van der Waals surface area contributed by atoms with E-state index >= 15 is 0 Å². The van der Waals surface area contributed by atoms with E-state index in [1.54, 1.807) is 5.57 Å². The van der Waals surface area contributed by atoms with Crippen molar-refractivity contribution in [3.8, 4) is 0 Å². The average molecular weight is 862 g/mol. The molecule has 0 aliphatic heterocycles. The first-order valence-electron chi connectivity index (χ1n) is 26.2. The van der Waals surface area contributed by atoms with Gasteiger partial charge in [-0.25, -0.2) is 4.79 Å². The number of benzene rings is 2. The number of unbranched alkanes of at least 4 members (excludes halogenated alkanes) is 12. The van der Waals surface area contributed by atoms with Gasteiger partial charge in [0.05, 0.1) is 17.9 Å². The number of aryl methyl sites for hydroxylation is 1. The third-order valence-corrected chi connectivity index (χ3v) is 16.9. The average Bonchev–Trinajstić information content (AvgIpc) is 3.63. The molecule has 0 unspecified atom stereocenters. The molecule has 0 bridgehead atoms. The summed E-state index contributed by atoms with van der Waals surface area (Å²) in [5, 5.41) is 0. The van der Waals surface area contributed by atoms with Crippen molar-refractivity contribution in [2.75, 3.05) is 6.61 Å². The fraction of sp³-hybridized carbons (Fsp3) is 0.707. The molecule has 0 amide bonds. The van der Waals surface area contributed by atoms with Crippen LogP contribution in [0.3, 0.4) is 0 Å². The van der Waals surface area contributed by atoms with Crippen LogP contribution >= 0.6 is 0 Å². The summed E-state index contributed by atoms with van der Waals surface area (Å²) >= 11 is 0. The molecule has 0 saturated heterocycles. The number of hydrogen-bond acceptors (Lipinski definition) is 5. The number of carbonyl (C=O) groups is 2. The third kappa shape index (κ3) is 13.9. The van der Waals surface area contributed by atoms with E-state index in [9.17, 15) is 9.59 Å². The molecular formula is C58H87NO4. The van der Waals surface area contributed by atoms with Gasteiger partial charge in [0, 0.05) is 19.1 Å². The van der Waals surface area contributed by atoms with E-state index in [0.29, 0.717) is 29.4 Å². The molecule has 5 nitrogen and oxygen atoms in total. The molecule has 4 aliphatic carbocycles. The SMILES string of the molecule is Cc1ccc(N=Cc2ccc(C(=O)OCCCCCCCCCCCCCCCC(=O)O[C@H]3CC[C@@]4(C)C(=CC[C@H]5[C@@H]6CC[C@H]([C@H](C)CCCC(C)C)[C@@]6(C)CC[C@@H]54)C3)cc2)cc1. The maximum absolute atomic E-state index is 12.9. The molecule has 2 aromatic carbocycles. The van der Waals surface area contributed by atoms with Crippen LogP contribution in [0.2, 0.25) is 0 Å². The molecule has 0 aromatic heterocycles. The smallest absolute Gasteiger partial charge is 0.338 e. The lowest BCUT2D eigenvalue weighted by atomic mass is 9.47. The Bertz CT molecular complexity index is 1760. The van der Waals surface area contributed by atoms with Crippen molar-refractivity contribution in [3.05, 3.63) is 76.9 Å². The number of carbonyl (C=O) groups excluding carboxylic acids is 2. The third-order valence-electron chi connectivity index (χ3n) is 16.9. The molecular weight excluding hydrogens is 775 g/mol. The zero-order valence-electron chi connectivity index (χ0n) is 40.8. The minimum absolute atomic E-state index is 0.0362. The van der Waals surface area contributed by atoms with Crippen molar-refractivity contribution in [3.63, 3.8) is 0 Å². The Morgan fingerprint density at radius 2 is 1.38 bits per heavy atom. The lowest BCUT2D eigenvalue weighted by Crippen LogP contribution is -2.51. The van der Waals surface area contributed by atoms with Gasteiger partial charge in [-0.2, -0.15) is 0 Å². The number of allylic oxidation sites excluding steroid dienone is 1. The Balaban J connectivity index is 0.743. The number of esters is 2. The Kier molecular flexibility index (Phi) is 19.0. The topological polar surface area (TPSA) is 65.0 Å². The second-order valence-electron chi connectivity index (χ2n) is 21.8. The molecule has 0 spiro atoms. The van der Waals surface area contributed by atoms with E-state index in [1.165, 1.54) is 121 Å². The molecule has 4 aliphatic rings. The number of rotatable bonds is 25. The van der Waals surface area contributed by atoms with Crippen molar-refractivity contribution in [1.29, 1.82) is 0 Å². The van der Waals surface area contributed by atoms with Gasteiger partial charge in [-0.05, 0) is 141 Å². The summed E-state index contributed by atoms with van der Waals surface area (Å²) in [5.74, 6) is 4.95. The van der Waals surface area contributed by atoms with Gasteiger partial charge < -0.3 is 9.47 Å². The zero-order valence-corrected chi connectivity index (χ0v) is 40.8. The van der Waals surface area contributed by atoms with Gasteiger partial charge in [-0.15, -0.1) is 0 Å². The summed E-state index contributed by atoms with van der Waals surface area (Å²) < 4.78 is 11.7. The molecule has 8 atom stereocenters. The first-order chi connectivity index (χ1) is 30.5. The fourth-order valence-electron chi connectivity index (χ4n) is 13.0. The number of hydrogen-bond donors (Lipinski definition) is 0. The fourth-order valence-corrected chi connectivity index (χ4v) is 13.0. The highest BCUT2D eigenvalue weighted by Gasteiger charge is 2.59. The molecule has 0 heterocycles. The molecule has 3 fully saturated rings. The van der Waals surface area contributed by atoms with Crippen LogP contribution in [-0.2, 0) is 14.3 Å². The van der Waals surface area contributed by atoms with Crippen LogP contribution in [0.15, 0.2) is 65.2 Å².